The van der Waals surface area contributed by atoms with Gasteiger partial charge in [0.2, 0.25) is 5.88 Å². The maximum absolute atomic E-state index is 6.48. The average Bonchev–Trinajstić information content (AvgIpc) is 2.94. The van der Waals surface area contributed by atoms with Gasteiger partial charge < -0.3 is 4.74 Å². The fourth-order valence-electron chi connectivity index (χ4n) is 5.62. The topological polar surface area (TPSA) is 38.2 Å². The largest absolute Gasteiger partial charge is 0.439 e. The van der Waals surface area contributed by atoms with Crippen LogP contribution in [0.5, 0.6) is 11.6 Å². The summed E-state index contributed by atoms with van der Waals surface area (Å²) in [5.74, 6) is 2.20. The van der Waals surface area contributed by atoms with Gasteiger partial charge in [-0.2, -0.15) is 4.98 Å². The first kappa shape index (κ1) is 25.2. The molecular weight excluding hydrogens is 454 g/mol. The molecule has 0 unspecified atom stereocenters. The molecule has 0 N–H and O–H groups in total. The zero-order valence-electron chi connectivity index (χ0n) is 22.5. The molecule has 0 amide bonds. The molecule has 1 atom stereocenters. The number of benzene rings is 3. The van der Waals surface area contributed by atoms with Gasteiger partial charge in [0.25, 0.3) is 0 Å². The number of fused-ring (bicyclic) bond motifs is 1. The summed E-state index contributed by atoms with van der Waals surface area (Å²) in [4.78, 5) is 12.6. The molecule has 0 aliphatic heterocycles. The van der Waals surface area contributed by atoms with Crippen LogP contribution < -0.4 is 4.74 Å². The quantitative estimate of drug-likeness (QED) is 0.251. The highest BCUT2D eigenvalue weighted by Gasteiger charge is 2.26. The molecule has 0 radical (unpaired) electrons. The first-order valence-electron chi connectivity index (χ1n) is 13.6. The van der Waals surface area contributed by atoms with E-state index in [-0.39, 0.29) is 0 Å². The predicted molar refractivity (Wildman–Crippen MR) is 151 cm³/mol. The van der Waals surface area contributed by atoms with E-state index in [0.717, 1.165) is 60.6 Å². The highest BCUT2D eigenvalue weighted by molar-refractivity contribution is 5.66. The molecule has 0 bridgehead atoms. The average molecular weight is 492 g/mol. The highest BCUT2D eigenvalue weighted by atomic mass is 16.5. The maximum atomic E-state index is 6.48. The van der Waals surface area contributed by atoms with E-state index in [4.69, 9.17) is 14.7 Å². The lowest BCUT2D eigenvalue weighted by molar-refractivity contribution is 0.210. The van der Waals surface area contributed by atoms with E-state index in [2.05, 4.69) is 75.2 Å². The molecular formula is C33H37N3O. The molecule has 1 aliphatic carbocycles. The summed E-state index contributed by atoms with van der Waals surface area (Å²) in [5, 5.41) is 0. The standard InChI is InChI=1S/C33H37N3O/c1-5-24-15-12-16-25(6-2)31(24)32-34-23(3)29(33(35-32)37-27-18-8-7-9-19-27)22-36(4)30-21-13-17-26-14-10-11-20-28(26)30/h7-12,14-16,18-20,30H,5-6,13,17,21-22H2,1-4H3/t30-/m0/s1. The van der Waals surface area contributed by atoms with Crippen molar-refractivity contribution in [1.29, 1.82) is 0 Å². The zero-order chi connectivity index (χ0) is 25.8. The van der Waals surface area contributed by atoms with Gasteiger partial charge in [0.15, 0.2) is 5.82 Å². The maximum Gasteiger partial charge on any atom is 0.227 e. The molecule has 4 aromatic rings. The molecule has 1 aliphatic rings. The molecule has 4 heteroatoms. The summed E-state index contributed by atoms with van der Waals surface area (Å²) in [6, 6.07) is 25.7. The van der Waals surface area contributed by atoms with E-state index in [0.29, 0.717) is 11.9 Å². The van der Waals surface area contributed by atoms with Gasteiger partial charge in [-0.25, -0.2) is 4.98 Å². The van der Waals surface area contributed by atoms with Crippen molar-refractivity contribution in [2.75, 3.05) is 7.05 Å². The van der Waals surface area contributed by atoms with Crippen LogP contribution in [-0.2, 0) is 25.8 Å². The van der Waals surface area contributed by atoms with Gasteiger partial charge in [-0.15, -0.1) is 0 Å². The Hall–Kier alpha value is -3.50. The fraction of sp³-hybridized carbons (Fsp3) is 0.333. The van der Waals surface area contributed by atoms with E-state index in [1.165, 1.54) is 28.7 Å². The second-order valence-electron chi connectivity index (χ2n) is 10.0. The van der Waals surface area contributed by atoms with Crippen LogP contribution in [0.2, 0.25) is 0 Å². The van der Waals surface area contributed by atoms with Crippen LogP contribution >= 0.6 is 0 Å². The lowest BCUT2D eigenvalue weighted by atomic mass is 9.87. The normalized spacial score (nSPS) is 15.0. The van der Waals surface area contributed by atoms with Crippen molar-refractivity contribution >= 4 is 0 Å². The van der Waals surface area contributed by atoms with Crippen LogP contribution in [0.15, 0.2) is 72.8 Å². The van der Waals surface area contributed by atoms with Gasteiger partial charge in [-0.05, 0) is 80.5 Å². The summed E-state index contributed by atoms with van der Waals surface area (Å²) in [6.45, 7) is 7.21. The van der Waals surface area contributed by atoms with Crippen LogP contribution in [0.25, 0.3) is 11.4 Å². The minimum Gasteiger partial charge on any atom is -0.439 e. The third kappa shape index (κ3) is 5.30. The summed E-state index contributed by atoms with van der Waals surface area (Å²) in [7, 11) is 2.22. The molecule has 0 fully saturated rings. The Bertz CT molecular complexity index is 1340. The molecule has 3 aromatic carbocycles. The van der Waals surface area contributed by atoms with Crippen molar-refractivity contribution in [2.45, 2.75) is 65.5 Å². The Morgan fingerprint density at radius 3 is 2.30 bits per heavy atom. The van der Waals surface area contributed by atoms with Crippen molar-refractivity contribution in [3.8, 4) is 23.0 Å². The first-order chi connectivity index (χ1) is 18.1. The monoisotopic (exact) mass is 491 g/mol. The van der Waals surface area contributed by atoms with Crippen molar-refractivity contribution in [1.82, 2.24) is 14.9 Å². The smallest absolute Gasteiger partial charge is 0.227 e. The molecule has 1 aromatic heterocycles. The summed E-state index contributed by atoms with van der Waals surface area (Å²) in [6.07, 6.45) is 5.40. The van der Waals surface area contributed by atoms with Crippen molar-refractivity contribution in [3.63, 3.8) is 0 Å². The van der Waals surface area contributed by atoms with Crippen LogP contribution in [0.1, 0.15) is 66.2 Å². The van der Waals surface area contributed by atoms with Crippen LogP contribution in [0.3, 0.4) is 0 Å². The summed E-state index contributed by atoms with van der Waals surface area (Å²) < 4.78 is 6.48. The number of nitrogens with zero attached hydrogens (tertiary/aromatic N) is 3. The highest BCUT2D eigenvalue weighted by Crippen LogP contribution is 2.37. The van der Waals surface area contributed by atoms with Crippen LogP contribution in [0, 0.1) is 6.92 Å². The number of aryl methyl sites for hydroxylation is 4. The van der Waals surface area contributed by atoms with Gasteiger partial charge in [0, 0.05) is 23.8 Å². The minimum absolute atomic E-state index is 0.376. The number of hydrogen-bond acceptors (Lipinski definition) is 4. The zero-order valence-corrected chi connectivity index (χ0v) is 22.5. The Labute approximate surface area is 221 Å². The van der Waals surface area contributed by atoms with Gasteiger partial charge in [-0.3, -0.25) is 4.90 Å². The van der Waals surface area contributed by atoms with Gasteiger partial charge >= 0.3 is 0 Å². The SMILES string of the molecule is CCc1cccc(CC)c1-c1nc(C)c(CN(C)[C@H]2CCCc3ccccc32)c(Oc2ccccc2)n1. The molecule has 5 rings (SSSR count). The van der Waals surface area contributed by atoms with Crippen molar-refractivity contribution < 1.29 is 4.74 Å². The van der Waals surface area contributed by atoms with Crippen molar-refractivity contribution in [3.05, 3.63) is 106 Å². The minimum atomic E-state index is 0.376. The van der Waals surface area contributed by atoms with E-state index >= 15 is 0 Å². The molecule has 0 spiro atoms. The Balaban J connectivity index is 1.57. The van der Waals surface area contributed by atoms with Crippen LogP contribution in [-0.4, -0.2) is 21.9 Å². The second-order valence-corrected chi connectivity index (χ2v) is 10.0. The summed E-state index contributed by atoms with van der Waals surface area (Å²) in [5.41, 5.74) is 8.63. The molecule has 0 saturated carbocycles. The van der Waals surface area contributed by atoms with Gasteiger partial charge in [0.1, 0.15) is 5.75 Å². The predicted octanol–water partition coefficient (Wildman–Crippen LogP) is 7.88. The number of ether oxygens (including phenoxy) is 1. The van der Waals surface area contributed by atoms with Gasteiger partial charge in [-0.1, -0.05) is 74.5 Å². The summed E-state index contributed by atoms with van der Waals surface area (Å²) >= 11 is 0. The molecule has 190 valence electrons. The first-order valence-corrected chi connectivity index (χ1v) is 13.6. The molecule has 0 saturated heterocycles. The van der Waals surface area contributed by atoms with E-state index in [1.807, 2.05) is 30.3 Å². The van der Waals surface area contributed by atoms with E-state index in [9.17, 15) is 0 Å². The lowest BCUT2D eigenvalue weighted by Gasteiger charge is -2.33. The van der Waals surface area contributed by atoms with E-state index < -0.39 is 0 Å². The third-order valence-electron chi connectivity index (χ3n) is 7.63. The van der Waals surface area contributed by atoms with Crippen molar-refractivity contribution in [2.24, 2.45) is 0 Å². The third-order valence-corrected chi connectivity index (χ3v) is 7.63. The van der Waals surface area contributed by atoms with Gasteiger partial charge in [0.05, 0.1) is 5.56 Å². The Morgan fingerprint density at radius 1 is 0.865 bits per heavy atom. The fourth-order valence-corrected chi connectivity index (χ4v) is 5.62. The van der Waals surface area contributed by atoms with Crippen LogP contribution in [0.4, 0.5) is 0 Å². The second kappa shape index (κ2) is 11.3. The van der Waals surface area contributed by atoms with E-state index in [1.54, 1.807) is 0 Å². The lowest BCUT2D eigenvalue weighted by Crippen LogP contribution is -2.28. The Kier molecular flexibility index (Phi) is 7.66. The molecule has 1 heterocycles. The Morgan fingerprint density at radius 2 is 1.57 bits per heavy atom. The number of aromatic nitrogens is 2. The number of hydrogen-bond donors (Lipinski definition) is 0. The molecule has 4 nitrogen and oxygen atoms in total. The number of rotatable bonds is 8. The molecule has 37 heavy (non-hydrogen) atoms. The number of para-hydroxylation sites is 1.